The second-order valence-corrected chi connectivity index (χ2v) is 9.23. The minimum atomic E-state index is -0.385. The topological polar surface area (TPSA) is 38.8 Å². The zero-order valence-corrected chi connectivity index (χ0v) is 20.7. The molecule has 2 atom stereocenters. The number of amides is 1. The Morgan fingerprint density at radius 1 is 1.06 bits per heavy atom. The van der Waals surface area contributed by atoms with Gasteiger partial charge in [-0.3, -0.25) is 9.69 Å². The van der Waals surface area contributed by atoms with Crippen molar-refractivity contribution in [3.05, 3.63) is 86.9 Å². The van der Waals surface area contributed by atoms with Gasteiger partial charge in [-0.25, -0.2) is 0 Å². The van der Waals surface area contributed by atoms with Crippen LogP contribution in [0, 0.1) is 6.92 Å². The molecule has 33 heavy (non-hydrogen) atoms. The maximum atomic E-state index is 13.5. The van der Waals surface area contributed by atoms with Crippen LogP contribution in [0.2, 0.25) is 10.0 Å². The fraction of sp³-hybridized carbons (Fsp3) is 0.296. The predicted molar refractivity (Wildman–Crippen MR) is 134 cm³/mol. The molecule has 1 unspecified atom stereocenters. The maximum absolute atomic E-state index is 13.5. The Bertz CT molecular complexity index is 1180. The largest absolute Gasteiger partial charge is 0.493 e. The summed E-state index contributed by atoms with van der Waals surface area (Å²) in [5, 5.41) is 1.17. The number of methoxy groups -OCH3 is 1. The van der Waals surface area contributed by atoms with Gasteiger partial charge in [0.2, 0.25) is 5.91 Å². The predicted octanol–water partition coefficient (Wildman–Crippen LogP) is 7.17. The molecule has 1 amide bonds. The van der Waals surface area contributed by atoms with Crippen LogP contribution in [0.4, 0.5) is 5.69 Å². The molecular formula is C27H27Cl2NO3. The van der Waals surface area contributed by atoms with Crippen molar-refractivity contribution in [3.8, 4) is 11.5 Å². The van der Waals surface area contributed by atoms with E-state index in [1.165, 1.54) is 0 Å². The van der Waals surface area contributed by atoms with Crippen LogP contribution in [0.15, 0.2) is 54.6 Å². The summed E-state index contributed by atoms with van der Waals surface area (Å²) < 4.78 is 11.8. The molecule has 0 saturated carbocycles. The van der Waals surface area contributed by atoms with Crippen LogP contribution in [0.25, 0.3) is 0 Å². The minimum absolute atomic E-state index is 0.0267. The first kappa shape index (κ1) is 23.5. The minimum Gasteiger partial charge on any atom is -0.493 e. The van der Waals surface area contributed by atoms with E-state index in [0.29, 0.717) is 27.2 Å². The number of hydrogen-bond donors (Lipinski definition) is 0. The number of fused-ring (bicyclic) bond motifs is 1. The average Bonchev–Trinajstić information content (AvgIpc) is 2.79. The summed E-state index contributed by atoms with van der Waals surface area (Å²) in [4.78, 5) is 15.3. The summed E-state index contributed by atoms with van der Waals surface area (Å²) in [7, 11) is 1.62. The third kappa shape index (κ3) is 4.68. The Morgan fingerprint density at radius 2 is 1.79 bits per heavy atom. The quantitative estimate of drug-likeness (QED) is 0.373. The lowest BCUT2D eigenvalue weighted by atomic mass is 9.86. The van der Waals surface area contributed by atoms with Gasteiger partial charge >= 0.3 is 0 Å². The SMILES string of the molecule is CC[C@@H](C)Oc1cc2c(cc1OC)CC(=O)N(c1ccc(C)cc1Cl)C2c1ccc(Cl)cc1. The Labute approximate surface area is 205 Å². The second kappa shape index (κ2) is 9.66. The zero-order chi connectivity index (χ0) is 23.7. The molecule has 4 nitrogen and oxygen atoms in total. The zero-order valence-electron chi connectivity index (χ0n) is 19.2. The van der Waals surface area contributed by atoms with Gasteiger partial charge < -0.3 is 9.47 Å². The van der Waals surface area contributed by atoms with Crippen molar-refractivity contribution in [3.63, 3.8) is 0 Å². The molecule has 1 aliphatic rings. The summed E-state index contributed by atoms with van der Waals surface area (Å²) in [6.45, 7) is 6.08. The first-order chi connectivity index (χ1) is 15.8. The number of aryl methyl sites for hydroxylation is 1. The molecule has 3 aromatic carbocycles. The average molecular weight is 484 g/mol. The Kier molecular flexibility index (Phi) is 6.87. The van der Waals surface area contributed by atoms with Crippen LogP contribution in [0.5, 0.6) is 11.5 Å². The Morgan fingerprint density at radius 3 is 2.42 bits per heavy atom. The molecule has 4 rings (SSSR count). The first-order valence-corrected chi connectivity index (χ1v) is 11.8. The lowest BCUT2D eigenvalue weighted by Gasteiger charge is -2.38. The summed E-state index contributed by atoms with van der Waals surface area (Å²) in [6.07, 6.45) is 1.13. The van der Waals surface area contributed by atoms with Crippen LogP contribution >= 0.6 is 23.2 Å². The van der Waals surface area contributed by atoms with E-state index in [9.17, 15) is 4.79 Å². The van der Waals surface area contributed by atoms with E-state index in [1.807, 2.05) is 68.4 Å². The number of carbonyl (C=O) groups is 1. The van der Waals surface area contributed by atoms with Crippen molar-refractivity contribution < 1.29 is 14.3 Å². The molecule has 0 spiro atoms. The number of rotatable bonds is 6. The molecule has 0 aliphatic carbocycles. The van der Waals surface area contributed by atoms with Crippen molar-refractivity contribution in [2.75, 3.05) is 12.0 Å². The Hall–Kier alpha value is -2.69. The third-order valence-electron chi connectivity index (χ3n) is 6.04. The molecule has 0 radical (unpaired) electrons. The van der Waals surface area contributed by atoms with Crippen LogP contribution in [-0.4, -0.2) is 19.1 Å². The molecule has 6 heteroatoms. The van der Waals surface area contributed by atoms with Gasteiger partial charge in [-0.2, -0.15) is 0 Å². The number of benzene rings is 3. The van der Waals surface area contributed by atoms with Gasteiger partial charge in [0.1, 0.15) is 0 Å². The van der Waals surface area contributed by atoms with E-state index < -0.39 is 0 Å². The number of carbonyl (C=O) groups excluding carboxylic acids is 1. The van der Waals surface area contributed by atoms with Gasteiger partial charge in [0.05, 0.1) is 36.4 Å². The van der Waals surface area contributed by atoms with E-state index in [2.05, 4.69) is 6.92 Å². The van der Waals surface area contributed by atoms with E-state index in [4.69, 9.17) is 32.7 Å². The van der Waals surface area contributed by atoms with Crippen molar-refractivity contribution in [1.82, 2.24) is 0 Å². The molecule has 1 aliphatic heterocycles. The normalized spacial score (nSPS) is 16.4. The summed E-state index contributed by atoms with van der Waals surface area (Å²) in [5.74, 6) is 1.25. The van der Waals surface area contributed by atoms with E-state index in [-0.39, 0.29) is 24.5 Å². The molecular weight excluding hydrogens is 457 g/mol. The molecule has 0 saturated heterocycles. The van der Waals surface area contributed by atoms with E-state index >= 15 is 0 Å². The molecule has 1 heterocycles. The molecule has 172 valence electrons. The van der Waals surface area contributed by atoms with Crippen LogP contribution in [0.3, 0.4) is 0 Å². The summed E-state index contributed by atoms with van der Waals surface area (Å²) in [5.41, 5.74) is 4.54. The maximum Gasteiger partial charge on any atom is 0.232 e. The third-order valence-corrected chi connectivity index (χ3v) is 6.59. The van der Waals surface area contributed by atoms with Crippen LogP contribution < -0.4 is 14.4 Å². The molecule has 0 N–H and O–H groups in total. The van der Waals surface area contributed by atoms with Crippen molar-refractivity contribution >= 4 is 34.8 Å². The molecule has 3 aromatic rings. The summed E-state index contributed by atoms with van der Waals surface area (Å²) >= 11 is 12.8. The lowest BCUT2D eigenvalue weighted by molar-refractivity contribution is -0.118. The second-order valence-electron chi connectivity index (χ2n) is 8.39. The highest BCUT2D eigenvalue weighted by Gasteiger charge is 2.37. The lowest BCUT2D eigenvalue weighted by Crippen LogP contribution is -2.41. The standard InChI is InChI=1S/C27H27Cl2NO3/c1-5-17(3)33-25-15-21-19(13-24(25)32-4)14-26(31)30(23-11-6-16(2)12-22(23)29)27(21)18-7-9-20(28)10-8-18/h6-13,15,17,27H,5,14H2,1-4H3/t17-,27?/m1/s1. The van der Waals surface area contributed by atoms with Crippen LogP contribution in [-0.2, 0) is 11.2 Å². The number of anilines is 1. The van der Waals surface area contributed by atoms with Gasteiger partial charge in [0.25, 0.3) is 0 Å². The van der Waals surface area contributed by atoms with E-state index in [1.54, 1.807) is 12.0 Å². The van der Waals surface area contributed by atoms with Crippen molar-refractivity contribution in [1.29, 1.82) is 0 Å². The first-order valence-electron chi connectivity index (χ1n) is 11.0. The van der Waals surface area contributed by atoms with Crippen molar-refractivity contribution in [2.45, 2.75) is 45.8 Å². The highest BCUT2D eigenvalue weighted by Crippen LogP contribution is 2.45. The number of ether oxygens (including phenoxy) is 2. The van der Waals surface area contributed by atoms with E-state index in [0.717, 1.165) is 28.7 Å². The smallest absolute Gasteiger partial charge is 0.232 e. The summed E-state index contributed by atoms with van der Waals surface area (Å²) in [6, 6.07) is 16.9. The molecule has 0 bridgehead atoms. The molecule has 0 aromatic heterocycles. The number of halogens is 2. The van der Waals surface area contributed by atoms with Gasteiger partial charge in [0, 0.05) is 5.02 Å². The highest BCUT2D eigenvalue weighted by molar-refractivity contribution is 6.34. The van der Waals surface area contributed by atoms with Gasteiger partial charge in [0.15, 0.2) is 11.5 Å². The fourth-order valence-corrected chi connectivity index (χ4v) is 4.61. The Balaban J connectivity index is 1.93. The molecule has 0 fully saturated rings. The van der Waals surface area contributed by atoms with Crippen LogP contribution in [0.1, 0.15) is 48.6 Å². The fourth-order valence-electron chi connectivity index (χ4n) is 4.16. The number of nitrogens with zero attached hydrogens (tertiary/aromatic N) is 1. The monoisotopic (exact) mass is 483 g/mol. The van der Waals surface area contributed by atoms with Crippen molar-refractivity contribution in [2.24, 2.45) is 0 Å². The highest BCUT2D eigenvalue weighted by atomic mass is 35.5. The van der Waals surface area contributed by atoms with Gasteiger partial charge in [-0.05, 0) is 78.9 Å². The van der Waals surface area contributed by atoms with Gasteiger partial charge in [-0.1, -0.05) is 48.3 Å². The number of hydrogen-bond acceptors (Lipinski definition) is 3. The van der Waals surface area contributed by atoms with Gasteiger partial charge in [-0.15, -0.1) is 0 Å².